The Morgan fingerprint density at radius 1 is 1.30 bits per heavy atom. The van der Waals surface area contributed by atoms with Crippen molar-refractivity contribution in [3.8, 4) is 0 Å². The molecule has 3 heterocycles. The second kappa shape index (κ2) is 5.14. The number of carbonyl (C=O) groups is 1. The van der Waals surface area contributed by atoms with Crippen LogP contribution in [-0.2, 0) is 16.1 Å². The molecule has 1 amide bonds. The summed E-state index contributed by atoms with van der Waals surface area (Å²) in [6.45, 7) is 5.22. The Hall–Kier alpha value is -1.47. The SMILES string of the molecule is Cc1nnc(CN2CCC3(CC2)CN(C)C(=O)CO3)o1. The van der Waals surface area contributed by atoms with Crippen molar-refractivity contribution in [3.63, 3.8) is 0 Å². The fraction of sp³-hybridized carbons (Fsp3) is 0.769. The van der Waals surface area contributed by atoms with E-state index in [2.05, 4.69) is 15.1 Å². The van der Waals surface area contributed by atoms with Crippen molar-refractivity contribution in [2.24, 2.45) is 0 Å². The van der Waals surface area contributed by atoms with Crippen LogP contribution in [0.15, 0.2) is 4.42 Å². The highest BCUT2D eigenvalue weighted by molar-refractivity contribution is 5.78. The predicted molar refractivity (Wildman–Crippen MR) is 69.9 cm³/mol. The molecule has 7 heteroatoms. The highest BCUT2D eigenvalue weighted by Gasteiger charge is 2.41. The average molecular weight is 280 g/mol. The van der Waals surface area contributed by atoms with Gasteiger partial charge < -0.3 is 14.1 Å². The van der Waals surface area contributed by atoms with E-state index in [1.54, 1.807) is 11.8 Å². The maximum Gasteiger partial charge on any atom is 0.248 e. The lowest BCUT2D eigenvalue weighted by Gasteiger charge is -2.45. The lowest BCUT2D eigenvalue weighted by molar-refractivity contribution is -0.169. The molecule has 7 nitrogen and oxygen atoms in total. The van der Waals surface area contributed by atoms with Gasteiger partial charge in [0, 0.05) is 33.6 Å². The van der Waals surface area contributed by atoms with Crippen molar-refractivity contribution in [2.45, 2.75) is 31.9 Å². The van der Waals surface area contributed by atoms with Gasteiger partial charge in [0.05, 0.1) is 12.1 Å². The summed E-state index contributed by atoms with van der Waals surface area (Å²) in [4.78, 5) is 15.6. The Morgan fingerprint density at radius 3 is 2.65 bits per heavy atom. The number of hydrogen-bond donors (Lipinski definition) is 0. The Morgan fingerprint density at radius 2 is 2.05 bits per heavy atom. The third-order valence-corrected chi connectivity index (χ3v) is 4.15. The Kier molecular flexibility index (Phi) is 3.47. The van der Waals surface area contributed by atoms with Crippen molar-refractivity contribution in [1.29, 1.82) is 0 Å². The third kappa shape index (κ3) is 2.69. The molecule has 2 aliphatic heterocycles. The van der Waals surface area contributed by atoms with Crippen molar-refractivity contribution >= 4 is 5.91 Å². The topological polar surface area (TPSA) is 71.7 Å². The number of morpholine rings is 1. The summed E-state index contributed by atoms with van der Waals surface area (Å²) in [6.07, 6.45) is 1.86. The second-order valence-corrected chi connectivity index (χ2v) is 5.71. The van der Waals surface area contributed by atoms with Crippen molar-refractivity contribution in [3.05, 3.63) is 11.8 Å². The zero-order chi connectivity index (χ0) is 14.2. The molecule has 0 aliphatic carbocycles. The van der Waals surface area contributed by atoms with Crippen molar-refractivity contribution in [2.75, 3.05) is 33.3 Å². The second-order valence-electron chi connectivity index (χ2n) is 5.71. The monoisotopic (exact) mass is 280 g/mol. The van der Waals surface area contributed by atoms with E-state index in [-0.39, 0.29) is 18.1 Å². The number of amides is 1. The van der Waals surface area contributed by atoms with Gasteiger partial charge in [-0.2, -0.15) is 0 Å². The molecule has 0 N–H and O–H groups in total. The minimum absolute atomic E-state index is 0.0689. The normalized spacial score (nSPS) is 23.5. The van der Waals surface area contributed by atoms with Crippen molar-refractivity contribution < 1.29 is 13.9 Å². The van der Waals surface area contributed by atoms with Gasteiger partial charge in [0.2, 0.25) is 17.7 Å². The van der Waals surface area contributed by atoms with E-state index < -0.39 is 0 Å². The minimum atomic E-state index is -0.163. The molecule has 0 bridgehead atoms. The fourth-order valence-corrected chi connectivity index (χ4v) is 2.90. The van der Waals surface area contributed by atoms with Gasteiger partial charge in [0.25, 0.3) is 0 Å². The minimum Gasteiger partial charge on any atom is -0.424 e. The largest absolute Gasteiger partial charge is 0.424 e. The molecule has 0 saturated carbocycles. The van der Waals surface area contributed by atoms with Crippen molar-refractivity contribution in [1.82, 2.24) is 20.0 Å². The number of rotatable bonds is 2. The number of aromatic nitrogens is 2. The number of ether oxygens (including phenoxy) is 1. The van der Waals surface area contributed by atoms with Crippen LogP contribution in [0.4, 0.5) is 0 Å². The number of likely N-dealkylation sites (N-methyl/N-ethyl adjacent to an activating group) is 1. The van der Waals surface area contributed by atoms with Gasteiger partial charge in [-0.15, -0.1) is 10.2 Å². The van der Waals surface area contributed by atoms with Crippen LogP contribution in [0.3, 0.4) is 0 Å². The molecular weight excluding hydrogens is 260 g/mol. The van der Waals surface area contributed by atoms with Crippen LogP contribution in [0.5, 0.6) is 0 Å². The quantitative estimate of drug-likeness (QED) is 0.770. The van der Waals surface area contributed by atoms with Crippen LogP contribution in [0, 0.1) is 6.92 Å². The lowest BCUT2D eigenvalue weighted by Crippen LogP contribution is -2.57. The average Bonchev–Trinajstić information content (AvgIpc) is 2.83. The number of hydrogen-bond acceptors (Lipinski definition) is 6. The van der Waals surface area contributed by atoms with Crippen LogP contribution in [0.25, 0.3) is 0 Å². The molecule has 0 aromatic carbocycles. The summed E-state index contributed by atoms with van der Waals surface area (Å²) in [7, 11) is 1.85. The molecule has 0 unspecified atom stereocenters. The van der Waals surface area contributed by atoms with Gasteiger partial charge in [0.1, 0.15) is 6.61 Å². The van der Waals surface area contributed by atoms with Crippen LogP contribution in [-0.4, -0.2) is 64.8 Å². The van der Waals surface area contributed by atoms with Gasteiger partial charge in [-0.05, 0) is 12.8 Å². The van der Waals surface area contributed by atoms with Crippen LogP contribution in [0.2, 0.25) is 0 Å². The van der Waals surface area contributed by atoms with Gasteiger partial charge in [-0.3, -0.25) is 9.69 Å². The first-order chi connectivity index (χ1) is 9.56. The molecule has 2 fully saturated rings. The molecule has 2 aliphatic rings. The molecule has 3 rings (SSSR count). The van der Waals surface area contributed by atoms with E-state index in [4.69, 9.17) is 9.15 Å². The van der Waals surface area contributed by atoms with E-state index in [1.807, 2.05) is 7.05 Å². The molecule has 0 atom stereocenters. The lowest BCUT2D eigenvalue weighted by atomic mass is 9.89. The highest BCUT2D eigenvalue weighted by atomic mass is 16.5. The smallest absolute Gasteiger partial charge is 0.248 e. The molecule has 1 aromatic rings. The fourth-order valence-electron chi connectivity index (χ4n) is 2.90. The summed E-state index contributed by atoms with van der Waals surface area (Å²) in [5, 5.41) is 7.86. The first-order valence-electron chi connectivity index (χ1n) is 6.96. The van der Waals surface area contributed by atoms with Gasteiger partial charge >= 0.3 is 0 Å². The van der Waals surface area contributed by atoms with Crippen LogP contribution >= 0.6 is 0 Å². The third-order valence-electron chi connectivity index (χ3n) is 4.15. The molecule has 1 aromatic heterocycles. The number of aryl methyl sites for hydroxylation is 1. The standard InChI is InChI=1S/C13H20N4O3/c1-10-14-15-11(20-10)7-17-5-3-13(4-6-17)9-16(2)12(18)8-19-13/h3-9H2,1-2H3. The molecule has 20 heavy (non-hydrogen) atoms. The maximum atomic E-state index is 11.5. The molecule has 2 saturated heterocycles. The van der Waals surface area contributed by atoms with Gasteiger partial charge in [-0.25, -0.2) is 0 Å². The van der Waals surface area contributed by atoms with Gasteiger partial charge in [-0.1, -0.05) is 0 Å². The van der Waals surface area contributed by atoms with E-state index in [0.29, 0.717) is 24.9 Å². The number of carbonyl (C=O) groups excluding carboxylic acids is 1. The van der Waals surface area contributed by atoms with E-state index in [0.717, 1.165) is 25.9 Å². The zero-order valence-electron chi connectivity index (χ0n) is 12.0. The molecule has 1 spiro atoms. The summed E-state index contributed by atoms with van der Waals surface area (Å²) in [5.41, 5.74) is -0.163. The highest BCUT2D eigenvalue weighted by Crippen LogP contribution is 2.30. The summed E-state index contributed by atoms with van der Waals surface area (Å²) in [5.74, 6) is 1.33. The predicted octanol–water partition coefficient (Wildman–Crippen LogP) is 0.201. The summed E-state index contributed by atoms with van der Waals surface area (Å²) < 4.78 is 11.2. The number of piperidine rings is 1. The summed E-state index contributed by atoms with van der Waals surface area (Å²) in [6, 6.07) is 0. The Balaban J connectivity index is 1.55. The maximum absolute atomic E-state index is 11.5. The van der Waals surface area contributed by atoms with E-state index in [1.165, 1.54) is 0 Å². The van der Waals surface area contributed by atoms with Crippen LogP contribution in [0.1, 0.15) is 24.6 Å². The number of likely N-dealkylation sites (tertiary alicyclic amines) is 1. The zero-order valence-corrected chi connectivity index (χ0v) is 12.0. The Bertz CT molecular complexity index is 494. The first kappa shape index (κ1) is 13.5. The molecule has 0 radical (unpaired) electrons. The molecular formula is C13H20N4O3. The molecule has 110 valence electrons. The van der Waals surface area contributed by atoms with Crippen LogP contribution < -0.4 is 0 Å². The first-order valence-corrected chi connectivity index (χ1v) is 6.96. The van der Waals surface area contributed by atoms with E-state index >= 15 is 0 Å². The Labute approximate surface area is 117 Å². The summed E-state index contributed by atoms with van der Waals surface area (Å²) >= 11 is 0. The van der Waals surface area contributed by atoms with Gasteiger partial charge in [0.15, 0.2) is 0 Å². The van der Waals surface area contributed by atoms with E-state index in [9.17, 15) is 4.79 Å². The number of nitrogens with zero attached hydrogens (tertiary/aromatic N) is 4.